The molecule has 0 amide bonds. The monoisotopic (exact) mass is 187 g/mol. The minimum absolute atomic E-state index is 0.0570. The minimum Gasteiger partial charge on any atom is -0.388 e. The molecular weight excluding hydrogens is 170 g/mol. The molecule has 2 N–H and O–H groups in total. The summed E-state index contributed by atoms with van der Waals surface area (Å²) in [6.07, 6.45) is 0.630. The lowest BCUT2D eigenvalue weighted by molar-refractivity contribution is 0.0178. The van der Waals surface area contributed by atoms with E-state index in [2.05, 4.69) is 12.2 Å². The van der Waals surface area contributed by atoms with Gasteiger partial charge in [-0.1, -0.05) is 6.92 Å². The Labute approximate surface area is 78.2 Å². The van der Waals surface area contributed by atoms with Crippen LogP contribution in [0.5, 0.6) is 0 Å². The van der Waals surface area contributed by atoms with Crippen LogP contribution in [-0.4, -0.2) is 49.2 Å². The van der Waals surface area contributed by atoms with Crippen LogP contribution in [0.25, 0.3) is 0 Å². The zero-order valence-corrected chi connectivity index (χ0v) is 7.90. The lowest BCUT2D eigenvalue weighted by Crippen LogP contribution is -2.41. The highest BCUT2D eigenvalue weighted by Crippen LogP contribution is 2.26. The molecule has 13 heavy (non-hydrogen) atoms. The summed E-state index contributed by atoms with van der Waals surface area (Å²) in [7, 11) is 0. The molecule has 0 aliphatic carbocycles. The summed E-state index contributed by atoms with van der Waals surface area (Å²) < 4.78 is 10.9. The molecule has 0 aromatic rings. The first-order valence-electron chi connectivity index (χ1n) is 4.97. The topological polar surface area (TPSA) is 50.7 Å². The van der Waals surface area contributed by atoms with Crippen molar-refractivity contribution in [2.45, 2.75) is 37.7 Å². The summed E-state index contributed by atoms with van der Waals surface area (Å²) in [5.41, 5.74) is 0. The number of hydrogen-bond donors (Lipinski definition) is 2. The van der Waals surface area contributed by atoms with E-state index < -0.39 is 6.10 Å². The molecule has 4 heteroatoms. The summed E-state index contributed by atoms with van der Waals surface area (Å²) in [6, 6.07) is 0.266. The maximum absolute atomic E-state index is 9.46. The fraction of sp³-hybridized carbons (Fsp3) is 1.00. The van der Waals surface area contributed by atoms with E-state index in [9.17, 15) is 5.11 Å². The van der Waals surface area contributed by atoms with Crippen molar-refractivity contribution in [1.29, 1.82) is 0 Å². The molecule has 4 nitrogen and oxygen atoms in total. The highest BCUT2D eigenvalue weighted by molar-refractivity contribution is 4.97. The van der Waals surface area contributed by atoms with Gasteiger partial charge in [0.05, 0.1) is 19.3 Å². The van der Waals surface area contributed by atoms with Crippen LogP contribution in [0.2, 0.25) is 0 Å². The average Bonchev–Trinajstić information content (AvgIpc) is 2.67. The molecule has 0 bridgehead atoms. The van der Waals surface area contributed by atoms with Gasteiger partial charge in [-0.3, -0.25) is 0 Å². The second kappa shape index (κ2) is 3.92. The van der Waals surface area contributed by atoms with Gasteiger partial charge in [0.1, 0.15) is 18.3 Å². The highest BCUT2D eigenvalue weighted by Gasteiger charge is 2.46. The second-order valence-corrected chi connectivity index (χ2v) is 3.72. The molecule has 3 unspecified atom stereocenters. The van der Waals surface area contributed by atoms with Crippen LogP contribution in [0.4, 0.5) is 0 Å². The largest absolute Gasteiger partial charge is 0.388 e. The molecule has 0 spiro atoms. The van der Waals surface area contributed by atoms with Gasteiger partial charge in [0.2, 0.25) is 0 Å². The Hall–Kier alpha value is -0.160. The second-order valence-electron chi connectivity index (χ2n) is 3.72. The molecule has 0 radical (unpaired) electrons. The molecule has 2 fully saturated rings. The smallest absolute Gasteiger partial charge is 0.113 e. The van der Waals surface area contributed by atoms with Gasteiger partial charge in [0, 0.05) is 0 Å². The predicted octanol–water partition coefficient (Wildman–Crippen LogP) is -0.487. The van der Waals surface area contributed by atoms with Gasteiger partial charge in [-0.15, -0.1) is 0 Å². The lowest BCUT2D eigenvalue weighted by Gasteiger charge is -2.16. The van der Waals surface area contributed by atoms with Gasteiger partial charge in [-0.25, -0.2) is 0 Å². The van der Waals surface area contributed by atoms with E-state index >= 15 is 0 Å². The Balaban J connectivity index is 1.87. The van der Waals surface area contributed by atoms with Crippen molar-refractivity contribution < 1.29 is 14.6 Å². The molecular formula is C9H17NO3. The fourth-order valence-electron chi connectivity index (χ4n) is 1.98. The van der Waals surface area contributed by atoms with Crippen LogP contribution >= 0.6 is 0 Å². The molecule has 2 saturated heterocycles. The molecule has 0 saturated carbocycles. The normalized spacial score (nSPS) is 43.8. The number of ether oxygens (including phenoxy) is 2. The van der Waals surface area contributed by atoms with Crippen LogP contribution in [0.15, 0.2) is 0 Å². The number of rotatable bonds is 3. The number of hydrogen-bond acceptors (Lipinski definition) is 4. The Morgan fingerprint density at radius 1 is 1.31 bits per heavy atom. The van der Waals surface area contributed by atoms with E-state index in [1.54, 1.807) is 0 Å². The van der Waals surface area contributed by atoms with Crippen molar-refractivity contribution in [3.63, 3.8) is 0 Å². The predicted molar refractivity (Wildman–Crippen MR) is 47.6 cm³/mol. The molecule has 2 aliphatic heterocycles. The Morgan fingerprint density at radius 3 is 2.85 bits per heavy atom. The SMILES string of the molecule is CCCNC1COC2C1OC[C@@H]2O. The van der Waals surface area contributed by atoms with Gasteiger partial charge in [-0.05, 0) is 13.0 Å². The van der Waals surface area contributed by atoms with Gasteiger partial charge in [0.25, 0.3) is 0 Å². The van der Waals surface area contributed by atoms with E-state index in [0.717, 1.165) is 13.0 Å². The third-order valence-corrected chi connectivity index (χ3v) is 2.68. The Kier molecular flexibility index (Phi) is 2.83. The van der Waals surface area contributed by atoms with Crippen LogP contribution in [0.3, 0.4) is 0 Å². The number of fused-ring (bicyclic) bond motifs is 1. The lowest BCUT2D eigenvalue weighted by atomic mass is 10.1. The summed E-state index contributed by atoms with van der Waals surface area (Å²) in [5, 5.41) is 12.8. The molecule has 0 aromatic heterocycles. The van der Waals surface area contributed by atoms with Crippen molar-refractivity contribution in [1.82, 2.24) is 5.32 Å². The summed E-state index contributed by atoms with van der Waals surface area (Å²) >= 11 is 0. The van der Waals surface area contributed by atoms with Crippen molar-refractivity contribution in [3.05, 3.63) is 0 Å². The Morgan fingerprint density at radius 2 is 2.08 bits per heavy atom. The molecule has 2 rings (SSSR count). The quantitative estimate of drug-likeness (QED) is 0.626. The molecule has 2 heterocycles. The first-order valence-corrected chi connectivity index (χ1v) is 4.97. The number of nitrogens with one attached hydrogen (secondary N) is 1. The van der Waals surface area contributed by atoms with E-state index in [0.29, 0.717) is 13.2 Å². The molecule has 0 aromatic carbocycles. The van der Waals surface area contributed by atoms with Gasteiger partial charge in [-0.2, -0.15) is 0 Å². The van der Waals surface area contributed by atoms with Crippen molar-refractivity contribution in [3.8, 4) is 0 Å². The van der Waals surface area contributed by atoms with Gasteiger partial charge >= 0.3 is 0 Å². The maximum atomic E-state index is 9.46. The summed E-state index contributed by atoms with van der Waals surface area (Å²) in [6.45, 7) is 4.19. The van der Waals surface area contributed by atoms with Gasteiger partial charge < -0.3 is 19.9 Å². The van der Waals surface area contributed by atoms with Gasteiger partial charge in [0.15, 0.2) is 0 Å². The molecule has 4 atom stereocenters. The first-order chi connectivity index (χ1) is 6.33. The average molecular weight is 187 g/mol. The first kappa shape index (κ1) is 9.40. The van der Waals surface area contributed by atoms with Crippen LogP contribution in [-0.2, 0) is 9.47 Å². The summed E-state index contributed by atoms with van der Waals surface area (Å²) in [5.74, 6) is 0. The summed E-state index contributed by atoms with van der Waals surface area (Å²) in [4.78, 5) is 0. The molecule has 76 valence electrons. The third-order valence-electron chi connectivity index (χ3n) is 2.68. The highest BCUT2D eigenvalue weighted by atomic mass is 16.6. The van der Waals surface area contributed by atoms with Crippen molar-refractivity contribution >= 4 is 0 Å². The number of aliphatic hydroxyl groups excluding tert-OH is 1. The van der Waals surface area contributed by atoms with Crippen LogP contribution in [0.1, 0.15) is 13.3 Å². The van der Waals surface area contributed by atoms with E-state index in [1.165, 1.54) is 0 Å². The van der Waals surface area contributed by atoms with Crippen molar-refractivity contribution in [2.75, 3.05) is 19.8 Å². The molecule has 2 aliphatic rings. The van der Waals surface area contributed by atoms with Crippen LogP contribution in [0, 0.1) is 0 Å². The van der Waals surface area contributed by atoms with E-state index in [4.69, 9.17) is 9.47 Å². The zero-order chi connectivity index (χ0) is 9.26. The van der Waals surface area contributed by atoms with E-state index in [1.807, 2.05) is 0 Å². The Bertz CT molecular complexity index is 176. The van der Waals surface area contributed by atoms with Crippen LogP contribution < -0.4 is 5.32 Å². The fourth-order valence-corrected chi connectivity index (χ4v) is 1.98. The zero-order valence-electron chi connectivity index (χ0n) is 7.90. The standard InChI is InChI=1S/C9H17NO3/c1-2-3-10-6-4-12-9-7(11)5-13-8(6)9/h6-11H,2-5H2,1H3/t6?,7-,8?,9?/m0/s1. The third kappa shape index (κ3) is 1.72. The number of aliphatic hydroxyl groups is 1. The maximum Gasteiger partial charge on any atom is 0.113 e. The van der Waals surface area contributed by atoms with Crippen molar-refractivity contribution in [2.24, 2.45) is 0 Å². The van der Waals surface area contributed by atoms with E-state index in [-0.39, 0.29) is 18.2 Å². The minimum atomic E-state index is -0.432.